The molecule has 0 aliphatic rings. The largest absolute Gasteiger partial charge is 0.457 e. The van der Waals surface area contributed by atoms with E-state index in [0.717, 1.165) is 12.1 Å². The molecule has 2 heterocycles. The summed E-state index contributed by atoms with van der Waals surface area (Å²) in [5.74, 6) is 0.565. The predicted molar refractivity (Wildman–Crippen MR) is 126 cm³/mol. The summed E-state index contributed by atoms with van der Waals surface area (Å²) in [6, 6.07) is 12.1. The van der Waals surface area contributed by atoms with Crippen molar-refractivity contribution in [2.45, 2.75) is 12.7 Å². The van der Waals surface area contributed by atoms with Gasteiger partial charge in [0.2, 0.25) is 0 Å². The molecule has 3 amide bonds. The van der Waals surface area contributed by atoms with Crippen LogP contribution in [0.3, 0.4) is 0 Å². The second-order valence-electron chi connectivity index (χ2n) is 7.59. The maximum atomic E-state index is 13.2. The van der Waals surface area contributed by atoms with Crippen LogP contribution in [-0.2, 0) is 12.7 Å². The van der Waals surface area contributed by atoms with Gasteiger partial charge in [-0.05, 0) is 42.0 Å². The molecule has 37 heavy (non-hydrogen) atoms. The number of aromatic nitrogens is 4. The number of urea groups is 1. The number of carbonyl (C=O) groups excluding carboxylic acids is 2. The number of nitrogens with zero attached hydrogens (tertiary/aromatic N) is 4. The molecule has 4 aromatic rings. The molecule has 0 saturated carbocycles. The van der Waals surface area contributed by atoms with Crippen molar-refractivity contribution in [3.8, 4) is 17.2 Å². The highest BCUT2D eigenvalue weighted by molar-refractivity contribution is 5.92. The number of pyridine rings is 1. The Morgan fingerprint density at radius 1 is 1.00 bits per heavy atom. The van der Waals surface area contributed by atoms with Gasteiger partial charge in [-0.1, -0.05) is 17.3 Å². The summed E-state index contributed by atoms with van der Waals surface area (Å²) < 4.78 is 46.6. The van der Waals surface area contributed by atoms with Gasteiger partial charge in [-0.3, -0.25) is 9.78 Å². The summed E-state index contributed by atoms with van der Waals surface area (Å²) in [6.07, 6.45) is -0.321. The fourth-order valence-corrected chi connectivity index (χ4v) is 3.24. The zero-order chi connectivity index (χ0) is 26.4. The second-order valence-corrected chi connectivity index (χ2v) is 7.59. The fraction of sp³-hybridized carbons (Fsp3) is 0.125. The van der Waals surface area contributed by atoms with Crippen LogP contribution in [0.25, 0.3) is 5.69 Å². The van der Waals surface area contributed by atoms with E-state index in [1.54, 1.807) is 30.3 Å². The Hall–Kier alpha value is -4.94. The van der Waals surface area contributed by atoms with E-state index in [9.17, 15) is 22.8 Å². The summed E-state index contributed by atoms with van der Waals surface area (Å²) in [4.78, 5) is 28.2. The van der Waals surface area contributed by atoms with Crippen LogP contribution in [0.15, 0.2) is 73.2 Å². The number of rotatable bonds is 7. The molecule has 2 aromatic heterocycles. The van der Waals surface area contributed by atoms with E-state index in [-0.39, 0.29) is 29.5 Å². The number of anilines is 1. The smallest absolute Gasteiger partial charge is 0.416 e. The molecule has 0 saturated heterocycles. The van der Waals surface area contributed by atoms with Crippen LogP contribution in [0.5, 0.6) is 11.5 Å². The van der Waals surface area contributed by atoms with Gasteiger partial charge in [-0.15, -0.1) is 5.10 Å². The second kappa shape index (κ2) is 10.8. The van der Waals surface area contributed by atoms with Crippen molar-refractivity contribution in [2.24, 2.45) is 0 Å². The lowest BCUT2D eigenvalue weighted by Crippen LogP contribution is -2.29. The van der Waals surface area contributed by atoms with Crippen LogP contribution in [0.4, 0.5) is 23.7 Å². The Labute approximate surface area is 208 Å². The Balaban J connectivity index is 1.39. The van der Waals surface area contributed by atoms with Crippen molar-refractivity contribution in [1.82, 2.24) is 30.6 Å². The van der Waals surface area contributed by atoms with Crippen LogP contribution < -0.4 is 20.7 Å². The minimum Gasteiger partial charge on any atom is -0.457 e. The van der Waals surface area contributed by atoms with E-state index in [4.69, 9.17) is 4.74 Å². The SMILES string of the molecule is CNC(=O)c1cc(Oc2ccc(CNC(=O)Nc3cc(C(F)(F)F)ccc3-n3ccnn3)cc2)ccn1. The molecule has 190 valence electrons. The monoisotopic (exact) mass is 511 g/mol. The number of alkyl halides is 3. The molecular formula is C24H20F3N7O3. The average molecular weight is 511 g/mol. The summed E-state index contributed by atoms with van der Waals surface area (Å²) >= 11 is 0. The number of halogens is 3. The number of carbonyl (C=O) groups is 2. The Morgan fingerprint density at radius 2 is 1.78 bits per heavy atom. The highest BCUT2D eigenvalue weighted by atomic mass is 19.4. The number of hydrogen-bond donors (Lipinski definition) is 3. The quantitative estimate of drug-likeness (QED) is 0.343. The maximum absolute atomic E-state index is 13.2. The average Bonchev–Trinajstić information content (AvgIpc) is 3.42. The summed E-state index contributed by atoms with van der Waals surface area (Å²) in [6.45, 7) is 0.0970. The minimum absolute atomic E-state index is 0.0879. The summed E-state index contributed by atoms with van der Waals surface area (Å²) in [7, 11) is 1.50. The molecule has 4 rings (SSSR count). The van der Waals surface area contributed by atoms with Gasteiger partial charge in [0.05, 0.1) is 29.3 Å². The number of benzene rings is 2. The van der Waals surface area contributed by atoms with Gasteiger partial charge in [-0.2, -0.15) is 13.2 Å². The van der Waals surface area contributed by atoms with Gasteiger partial charge in [0, 0.05) is 25.9 Å². The van der Waals surface area contributed by atoms with E-state index < -0.39 is 17.8 Å². The summed E-state index contributed by atoms with van der Waals surface area (Å²) in [5.41, 5.74) is 0.134. The number of hydrogen-bond acceptors (Lipinski definition) is 6. The standard InChI is InChI=1S/C24H20F3N7O3/c1-28-22(35)20-13-18(8-9-29-20)37-17-5-2-15(3-6-17)14-30-23(36)32-19-12-16(24(25,26)27)4-7-21(19)34-11-10-31-33-34/h2-13H,14H2,1H3,(H,28,35)(H2,30,32,36). The van der Waals surface area contributed by atoms with E-state index in [1.807, 2.05) is 0 Å². The number of amides is 3. The van der Waals surface area contributed by atoms with E-state index >= 15 is 0 Å². The van der Waals surface area contributed by atoms with Gasteiger partial charge in [0.25, 0.3) is 5.91 Å². The third-order valence-corrected chi connectivity index (χ3v) is 5.04. The van der Waals surface area contributed by atoms with Crippen molar-refractivity contribution in [1.29, 1.82) is 0 Å². The first kappa shape index (κ1) is 25.2. The van der Waals surface area contributed by atoms with Gasteiger partial charge >= 0.3 is 12.2 Å². The van der Waals surface area contributed by atoms with Gasteiger partial charge in [0.1, 0.15) is 17.2 Å². The zero-order valence-corrected chi connectivity index (χ0v) is 19.3. The van der Waals surface area contributed by atoms with Crippen LogP contribution in [0.2, 0.25) is 0 Å². The molecule has 0 spiro atoms. The molecule has 0 fully saturated rings. The molecule has 0 radical (unpaired) electrons. The van der Waals surface area contributed by atoms with Crippen LogP contribution in [-0.4, -0.2) is 39.0 Å². The summed E-state index contributed by atoms with van der Waals surface area (Å²) in [5, 5.41) is 15.0. The molecule has 0 atom stereocenters. The highest BCUT2D eigenvalue weighted by Gasteiger charge is 2.31. The first-order valence-corrected chi connectivity index (χ1v) is 10.8. The lowest BCUT2D eigenvalue weighted by molar-refractivity contribution is -0.137. The van der Waals surface area contributed by atoms with Crippen molar-refractivity contribution >= 4 is 17.6 Å². The van der Waals surface area contributed by atoms with E-state index in [1.165, 1.54) is 42.5 Å². The first-order valence-electron chi connectivity index (χ1n) is 10.8. The molecule has 0 bridgehead atoms. The lowest BCUT2D eigenvalue weighted by Gasteiger charge is -2.15. The topological polar surface area (TPSA) is 123 Å². The van der Waals surface area contributed by atoms with E-state index in [2.05, 4.69) is 31.2 Å². The molecular weight excluding hydrogens is 491 g/mol. The van der Waals surface area contributed by atoms with Crippen LogP contribution in [0, 0.1) is 0 Å². The molecule has 3 N–H and O–H groups in total. The van der Waals surface area contributed by atoms with Crippen LogP contribution >= 0.6 is 0 Å². The molecule has 0 aliphatic carbocycles. The van der Waals surface area contributed by atoms with Gasteiger partial charge in [-0.25, -0.2) is 9.48 Å². The fourth-order valence-electron chi connectivity index (χ4n) is 3.24. The number of nitrogens with one attached hydrogen (secondary N) is 3. The van der Waals surface area contributed by atoms with E-state index in [0.29, 0.717) is 17.1 Å². The van der Waals surface area contributed by atoms with Crippen molar-refractivity contribution in [3.63, 3.8) is 0 Å². The molecule has 13 heteroatoms. The maximum Gasteiger partial charge on any atom is 0.416 e. The van der Waals surface area contributed by atoms with Crippen molar-refractivity contribution in [2.75, 3.05) is 12.4 Å². The Bertz CT molecular complexity index is 1390. The van der Waals surface area contributed by atoms with Crippen molar-refractivity contribution in [3.05, 3.63) is 90.0 Å². The third kappa shape index (κ3) is 6.39. The molecule has 0 aliphatic heterocycles. The van der Waals surface area contributed by atoms with Crippen LogP contribution in [0.1, 0.15) is 21.6 Å². The minimum atomic E-state index is -4.59. The van der Waals surface area contributed by atoms with Crippen molar-refractivity contribution < 1.29 is 27.5 Å². The Kier molecular flexibility index (Phi) is 7.32. The number of ether oxygens (including phenoxy) is 1. The normalized spacial score (nSPS) is 11.0. The predicted octanol–water partition coefficient (Wildman–Crippen LogP) is 4.15. The Morgan fingerprint density at radius 3 is 2.46 bits per heavy atom. The van der Waals surface area contributed by atoms with Gasteiger partial charge < -0.3 is 20.7 Å². The zero-order valence-electron chi connectivity index (χ0n) is 19.3. The van der Waals surface area contributed by atoms with Gasteiger partial charge in [0.15, 0.2) is 0 Å². The molecule has 10 nitrogen and oxygen atoms in total. The first-order chi connectivity index (χ1) is 17.7. The third-order valence-electron chi connectivity index (χ3n) is 5.04. The molecule has 2 aromatic carbocycles. The molecule has 0 unspecified atom stereocenters. The highest BCUT2D eigenvalue weighted by Crippen LogP contribution is 2.33. The lowest BCUT2D eigenvalue weighted by atomic mass is 10.1.